The van der Waals surface area contributed by atoms with Crippen LogP contribution in [-0.4, -0.2) is 15.0 Å². The molecule has 5 nitrogen and oxygen atoms in total. The third-order valence-electron chi connectivity index (χ3n) is 4.14. The Morgan fingerprint density at radius 3 is 2.82 bits per heavy atom. The van der Waals surface area contributed by atoms with Crippen LogP contribution < -0.4 is 11.1 Å². The van der Waals surface area contributed by atoms with Crippen LogP contribution in [-0.2, 0) is 6.42 Å². The van der Waals surface area contributed by atoms with Gasteiger partial charge in [0.2, 0.25) is 11.9 Å². The lowest BCUT2D eigenvalue weighted by Crippen LogP contribution is -2.26. The minimum Gasteiger partial charge on any atom is -0.368 e. The zero-order chi connectivity index (χ0) is 15.7. The number of aryl methyl sites for hydroxylation is 1. The number of rotatable bonds is 3. The molecule has 0 radical (unpaired) electrons. The number of nitrogens with one attached hydrogen (secondary N) is 1. The zero-order valence-electron chi connectivity index (χ0n) is 12.8. The first-order valence-corrected chi connectivity index (χ1v) is 7.54. The predicted molar refractivity (Wildman–Crippen MR) is 84.1 cm³/mol. The second-order valence-electron chi connectivity index (χ2n) is 5.83. The summed E-state index contributed by atoms with van der Waals surface area (Å²) in [5, 5.41) is 3.31. The molecule has 6 heteroatoms. The van der Waals surface area contributed by atoms with Crippen molar-refractivity contribution in [2.24, 2.45) is 5.92 Å². The maximum atomic E-state index is 13.5. The molecule has 116 valence electrons. The summed E-state index contributed by atoms with van der Waals surface area (Å²) < 4.78 is 13.5. The van der Waals surface area contributed by atoms with Crippen LogP contribution in [0.4, 0.5) is 16.3 Å². The largest absolute Gasteiger partial charge is 0.368 e. The lowest BCUT2D eigenvalue weighted by atomic mass is 9.81. The summed E-state index contributed by atoms with van der Waals surface area (Å²) in [6.45, 7) is 3.58. The van der Waals surface area contributed by atoms with Crippen LogP contribution in [0.3, 0.4) is 0 Å². The Morgan fingerprint density at radius 2 is 2.05 bits per heavy atom. The van der Waals surface area contributed by atoms with Gasteiger partial charge >= 0.3 is 0 Å². The normalized spacial score (nSPS) is 22.0. The van der Waals surface area contributed by atoms with Gasteiger partial charge in [0, 0.05) is 0 Å². The van der Waals surface area contributed by atoms with Crippen molar-refractivity contribution in [2.45, 2.75) is 38.9 Å². The molecule has 0 fully saturated rings. The summed E-state index contributed by atoms with van der Waals surface area (Å²) in [5.41, 5.74) is 8.24. The fraction of sp³-hybridized carbons (Fsp3) is 0.438. The third-order valence-corrected chi connectivity index (χ3v) is 4.14. The van der Waals surface area contributed by atoms with Gasteiger partial charge < -0.3 is 11.1 Å². The summed E-state index contributed by atoms with van der Waals surface area (Å²) in [6.07, 6.45) is 0.880. The van der Waals surface area contributed by atoms with E-state index in [1.807, 2.05) is 6.07 Å². The lowest BCUT2D eigenvalue weighted by molar-refractivity contribution is 0.356. The molecule has 2 aromatic rings. The zero-order valence-corrected chi connectivity index (χ0v) is 12.8. The van der Waals surface area contributed by atoms with Gasteiger partial charge in [-0.2, -0.15) is 15.0 Å². The summed E-state index contributed by atoms with van der Waals surface area (Å²) in [6, 6.07) is 8.44. The van der Waals surface area contributed by atoms with Crippen LogP contribution in [0.25, 0.3) is 0 Å². The molecule has 0 amide bonds. The van der Waals surface area contributed by atoms with E-state index < -0.39 is 6.17 Å². The number of anilines is 2. The summed E-state index contributed by atoms with van der Waals surface area (Å²) in [7, 11) is 0. The third kappa shape index (κ3) is 2.86. The molecule has 1 heterocycles. The Morgan fingerprint density at radius 1 is 1.27 bits per heavy atom. The average Bonchev–Trinajstić information content (AvgIpc) is 2.49. The molecular formula is C16H20FN5. The molecule has 1 aromatic heterocycles. The van der Waals surface area contributed by atoms with Crippen LogP contribution in [0.15, 0.2) is 24.3 Å². The number of benzene rings is 1. The molecule has 1 aliphatic rings. The van der Waals surface area contributed by atoms with Crippen molar-refractivity contribution in [3.63, 3.8) is 0 Å². The predicted octanol–water partition coefficient (Wildman–Crippen LogP) is 3.22. The van der Waals surface area contributed by atoms with Crippen molar-refractivity contribution in [3.05, 3.63) is 41.2 Å². The van der Waals surface area contributed by atoms with Crippen molar-refractivity contribution in [1.29, 1.82) is 0 Å². The number of hydrogen-bond donors (Lipinski definition) is 2. The molecule has 0 aliphatic heterocycles. The highest BCUT2D eigenvalue weighted by Crippen LogP contribution is 2.36. The molecule has 0 saturated heterocycles. The second kappa shape index (κ2) is 5.87. The molecule has 1 aliphatic carbocycles. The Bertz CT molecular complexity index is 673. The highest BCUT2D eigenvalue weighted by Gasteiger charge is 2.27. The smallest absolute Gasteiger partial charge is 0.228 e. The molecule has 3 atom stereocenters. The molecule has 1 aromatic carbocycles. The van der Waals surface area contributed by atoms with E-state index in [-0.39, 0.29) is 17.8 Å². The fourth-order valence-electron chi connectivity index (χ4n) is 2.93. The highest BCUT2D eigenvalue weighted by atomic mass is 19.1. The van der Waals surface area contributed by atoms with Crippen LogP contribution in [0.2, 0.25) is 0 Å². The van der Waals surface area contributed by atoms with E-state index >= 15 is 0 Å². The van der Waals surface area contributed by atoms with Crippen molar-refractivity contribution in [1.82, 2.24) is 15.0 Å². The van der Waals surface area contributed by atoms with Crippen LogP contribution in [0, 0.1) is 5.92 Å². The summed E-state index contributed by atoms with van der Waals surface area (Å²) >= 11 is 0. The Balaban J connectivity index is 1.93. The van der Waals surface area contributed by atoms with Gasteiger partial charge in [0.05, 0.1) is 6.04 Å². The number of fused-ring (bicyclic) bond motifs is 1. The SMILES string of the molecule is CC(F)c1nc(N)nc(N[C@H]2c3ccccc3CC[C@H]2C)n1. The van der Waals surface area contributed by atoms with Crippen molar-refractivity contribution < 1.29 is 4.39 Å². The van der Waals surface area contributed by atoms with Gasteiger partial charge in [-0.1, -0.05) is 31.2 Å². The van der Waals surface area contributed by atoms with Crippen molar-refractivity contribution in [3.8, 4) is 0 Å². The molecule has 3 N–H and O–H groups in total. The second-order valence-corrected chi connectivity index (χ2v) is 5.83. The minimum absolute atomic E-state index is 0.0359. The maximum absolute atomic E-state index is 13.5. The average molecular weight is 301 g/mol. The molecule has 0 spiro atoms. The van der Waals surface area contributed by atoms with Crippen molar-refractivity contribution >= 4 is 11.9 Å². The van der Waals surface area contributed by atoms with Crippen LogP contribution in [0.5, 0.6) is 0 Å². The summed E-state index contributed by atoms with van der Waals surface area (Å²) in [5.74, 6) is 0.861. The number of nitrogen functional groups attached to an aromatic ring is 1. The molecule has 0 saturated carbocycles. The van der Waals surface area contributed by atoms with E-state index in [1.165, 1.54) is 18.1 Å². The molecular weight excluding hydrogens is 281 g/mol. The fourth-order valence-corrected chi connectivity index (χ4v) is 2.93. The summed E-state index contributed by atoms with van der Waals surface area (Å²) in [4.78, 5) is 12.1. The number of hydrogen-bond acceptors (Lipinski definition) is 5. The van der Waals surface area contributed by atoms with Crippen molar-refractivity contribution in [2.75, 3.05) is 11.1 Å². The Kier molecular flexibility index (Phi) is 3.92. The minimum atomic E-state index is -1.28. The first-order valence-electron chi connectivity index (χ1n) is 7.54. The van der Waals surface area contributed by atoms with Gasteiger partial charge in [-0.15, -0.1) is 0 Å². The number of alkyl halides is 1. The van der Waals surface area contributed by atoms with E-state index in [2.05, 4.69) is 45.4 Å². The highest BCUT2D eigenvalue weighted by molar-refractivity contribution is 5.40. The van der Waals surface area contributed by atoms with E-state index in [0.717, 1.165) is 12.8 Å². The van der Waals surface area contributed by atoms with Gasteiger partial charge in [-0.25, -0.2) is 4.39 Å². The monoisotopic (exact) mass is 301 g/mol. The first kappa shape index (κ1) is 14.7. The van der Waals surface area contributed by atoms with Crippen LogP contribution >= 0.6 is 0 Å². The van der Waals surface area contributed by atoms with Gasteiger partial charge in [-0.3, -0.25) is 0 Å². The first-order chi connectivity index (χ1) is 10.5. The topological polar surface area (TPSA) is 76.7 Å². The number of nitrogens with zero attached hydrogens (tertiary/aromatic N) is 3. The van der Waals surface area contributed by atoms with Crippen LogP contribution in [0.1, 0.15) is 49.4 Å². The molecule has 0 bridgehead atoms. The standard InChI is InChI=1S/C16H20FN5/c1-9-7-8-11-5-3-4-6-12(11)13(9)19-16-21-14(10(2)17)20-15(18)22-16/h3-6,9-10,13H,7-8H2,1-2H3,(H3,18,19,20,21,22)/t9-,10?,13-/m1/s1. The van der Waals surface area contributed by atoms with Gasteiger partial charge in [0.1, 0.15) is 0 Å². The van der Waals surface area contributed by atoms with E-state index in [9.17, 15) is 4.39 Å². The quantitative estimate of drug-likeness (QED) is 0.910. The van der Waals surface area contributed by atoms with Gasteiger partial charge in [0.25, 0.3) is 0 Å². The number of aromatic nitrogens is 3. The van der Waals surface area contributed by atoms with Gasteiger partial charge in [-0.05, 0) is 36.8 Å². The lowest BCUT2D eigenvalue weighted by Gasteiger charge is -2.32. The Hall–Kier alpha value is -2.24. The van der Waals surface area contributed by atoms with E-state index in [0.29, 0.717) is 11.9 Å². The number of nitrogens with two attached hydrogens (primary N) is 1. The molecule has 3 rings (SSSR count). The maximum Gasteiger partial charge on any atom is 0.228 e. The van der Waals surface area contributed by atoms with E-state index in [1.54, 1.807) is 0 Å². The van der Waals surface area contributed by atoms with E-state index in [4.69, 9.17) is 5.73 Å². The number of halogens is 1. The Labute approximate surface area is 129 Å². The molecule has 22 heavy (non-hydrogen) atoms. The molecule has 1 unspecified atom stereocenters. The van der Waals surface area contributed by atoms with Gasteiger partial charge in [0.15, 0.2) is 12.0 Å².